The molecule has 21 heavy (non-hydrogen) atoms. The summed E-state index contributed by atoms with van der Waals surface area (Å²) < 4.78 is 20.5. The number of nitrogens with one attached hydrogen (secondary N) is 1. The van der Waals surface area contributed by atoms with Gasteiger partial charge in [-0.3, -0.25) is 9.78 Å². The molecule has 0 amide bonds. The Kier molecular flexibility index (Phi) is 3.43. The smallest absolute Gasteiger partial charge is 0.264 e. The average Bonchev–Trinajstić information content (AvgIpc) is 2.89. The van der Waals surface area contributed by atoms with Crippen LogP contribution in [-0.4, -0.2) is 54.9 Å². The number of ether oxygens (including phenoxy) is 1. The molecule has 3 heterocycles. The molecule has 0 saturated carbocycles. The van der Waals surface area contributed by atoms with E-state index in [0.717, 1.165) is 4.68 Å². The van der Waals surface area contributed by atoms with Crippen LogP contribution in [0.4, 0.5) is 10.3 Å². The SMILES string of the molecule is Nc1nc2c(c(Br)nn2[C@@H]2O[C@H](CO)[C@@H](O)[C@@H]2F)c(=O)[nH]1. The summed E-state index contributed by atoms with van der Waals surface area (Å²) in [5, 5.41) is 22.7. The Hall–Kier alpha value is -1.56. The minimum atomic E-state index is -1.83. The van der Waals surface area contributed by atoms with Crippen molar-refractivity contribution in [3.05, 3.63) is 15.0 Å². The molecule has 1 aliphatic rings. The molecule has 2 aromatic rings. The van der Waals surface area contributed by atoms with Crippen molar-refractivity contribution in [3.8, 4) is 0 Å². The van der Waals surface area contributed by atoms with E-state index in [-0.39, 0.29) is 21.6 Å². The number of nitrogens with two attached hydrogens (primary N) is 1. The molecule has 5 N–H and O–H groups in total. The predicted molar refractivity (Wildman–Crippen MR) is 72.2 cm³/mol. The number of rotatable bonds is 2. The van der Waals surface area contributed by atoms with Crippen molar-refractivity contribution in [2.24, 2.45) is 0 Å². The van der Waals surface area contributed by atoms with E-state index < -0.39 is 36.8 Å². The third kappa shape index (κ3) is 2.12. The van der Waals surface area contributed by atoms with Gasteiger partial charge in [-0.15, -0.1) is 0 Å². The van der Waals surface area contributed by atoms with Crippen molar-refractivity contribution in [1.29, 1.82) is 0 Å². The van der Waals surface area contributed by atoms with Gasteiger partial charge >= 0.3 is 0 Å². The van der Waals surface area contributed by atoms with Crippen molar-refractivity contribution in [1.82, 2.24) is 19.7 Å². The summed E-state index contributed by atoms with van der Waals surface area (Å²) >= 11 is 3.08. The molecule has 1 aliphatic heterocycles. The van der Waals surface area contributed by atoms with E-state index in [1.807, 2.05) is 0 Å². The van der Waals surface area contributed by atoms with E-state index in [4.69, 9.17) is 15.6 Å². The molecule has 0 bridgehead atoms. The molecule has 1 saturated heterocycles. The van der Waals surface area contributed by atoms with E-state index >= 15 is 0 Å². The first kappa shape index (κ1) is 14.4. The number of anilines is 1. The molecule has 1 fully saturated rings. The lowest BCUT2D eigenvalue weighted by Crippen LogP contribution is -2.30. The monoisotopic (exact) mass is 363 g/mol. The van der Waals surface area contributed by atoms with Crippen LogP contribution in [-0.2, 0) is 4.74 Å². The number of hydrogen-bond donors (Lipinski definition) is 4. The molecule has 114 valence electrons. The third-order valence-corrected chi connectivity index (χ3v) is 3.81. The van der Waals surface area contributed by atoms with Crippen LogP contribution < -0.4 is 11.3 Å². The number of aliphatic hydroxyl groups is 2. The zero-order valence-corrected chi connectivity index (χ0v) is 12.0. The van der Waals surface area contributed by atoms with Gasteiger partial charge in [-0.2, -0.15) is 10.1 Å². The highest BCUT2D eigenvalue weighted by atomic mass is 79.9. The number of aliphatic hydroxyl groups excluding tert-OH is 2. The van der Waals surface area contributed by atoms with Gasteiger partial charge in [0.15, 0.2) is 18.0 Å². The van der Waals surface area contributed by atoms with Gasteiger partial charge in [-0.1, -0.05) is 0 Å². The Morgan fingerprint density at radius 1 is 1.57 bits per heavy atom. The molecule has 4 atom stereocenters. The molecule has 0 unspecified atom stereocenters. The van der Waals surface area contributed by atoms with E-state index in [0.29, 0.717) is 0 Å². The lowest BCUT2D eigenvalue weighted by molar-refractivity contribution is -0.0506. The van der Waals surface area contributed by atoms with E-state index in [9.17, 15) is 14.3 Å². The average molecular weight is 364 g/mol. The second-order valence-corrected chi connectivity index (χ2v) is 5.32. The van der Waals surface area contributed by atoms with Gasteiger partial charge in [0.25, 0.3) is 5.56 Å². The first-order valence-electron chi connectivity index (χ1n) is 5.96. The number of aromatic amines is 1. The van der Waals surface area contributed by atoms with Crippen LogP contribution in [0, 0.1) is 0 Å². The Morgan fingerprint density at radius 2 is 2.29 bits per heavy atom. The lowest BCUT2D eigenvalue weighted by atomic mass is 10.1. The minimum Gasteiger partial charge on any atom is -0.394 e. The van der Waals surface area contributed by atoms with E-state index in [1.165, 1.54) is 0 Å². The zero-order valence-electron chi connectivity index (χ0n) is 10.4. The highest BCUT2D eigenvalue weighted by molar-refractivity contribution is 9.10. The number of nitrogens with zero attached hydrogens (tertiary/aromatic N) is 3. The van der Waals surface area contributed by atoms with Gasteiger partial charge in [-0.05, 0) is 15.9 Å². The summed E-state index contributed by atoms with van der Waals surface area (Å²) in [5.74, 6) is -0.159. The quantitative estimate of drug-likeness (QED) is 0.539. The van der Waals surface area contributed by atoms with Crippen LogP contribution in [0.15, 0.2) is 9.40 Å². The molecular weight excluding hydrogens is 353 g/mol. The topological polar surface area (TPSA) is 139 Å². The van der Waals surface area contributed by atoms with Gasteiger partial charge in [0.1, 0.15) is 22.2 Å². The summed E-state index contributed by atoms with van der Waals surface area (Å²) in [6.07, 6.45) is -5.74. The number of fused-ring (bicyclic) bond motifs is 1. The molecule has 0 radical (unpaired) electrons. The predicted octanol–water partition coefficient (Wildman–Crippen LogP) is -0.947. The van der Waals surface area contributed by atoms with Crippen LogP contribution in [0.3, 0.4) is 0 Å². The molecule has 2 aromatic heterocycles. The fourth-order valence-electron chi connectivity index (χ4n) is 2.25. The second kappa shape index (κ2) is 5.02. The molecule has 0 aromatic carbocycles. The number of hydrogen-bond acceptors (Lipinski definition) is 7. The Balaban J connectivity index is 2.16. The van der Waals surface area contributed by atoms with Crippen molar-refractivity contribution < 1.29 is 19.3 Å². The Morgan fingerprint density at radius 3 is 2.90 bits per heavy atom. The number of aromatic nitrogens is 4. The highest BCUT2D eigenvalue weighted by Crippen LogP contribution is 2.34. The van der Waals surface area contributed by atoms with E-state index in [2.05, 4.69) is 31.0 Å². The van der Waals surface area contributed by atoms with Gasteiger partial charge in [-0.25, -0.2) is 9.07 Å². The summed E-state index contributed by atoms with van der Waals surface area (Å²) in [7, 11) is 0. The standard InChI is InChI=1S/C10H11BrFN5O4/c11-6-3-7(14-10(13)15-8(3)20)17(16-6)9-4(12)5(19)2(1-18)21-9/h2,4-5,9,18-19H,1H2,(H3,13,14,15,20)/t2-,4+,5-,9-/m1/s1. The Labute approximate surface area is 124 Å². The van der Waals surface area contributed by atoms with Crippen molar-refractivity contribution in [2.75, 3.05) is 12.3 Å². The fraction of sp³-hybridized carbons (Fsp3) is 0.500. The Bertz CT molecular complexity index is 749. The van der Waals surface area contributed by atoms with Crippen molar-refractivity contribution in [3.63, 3.8) is 0 Å². The summed E-state index contributed by atoms with van der Waals surface area (Å²) in [4.78, 5) is 18.0. The first-order valence-corrected chi connectivity index (χ1v) is 6.75. The van der Waals surface area contributed by atoms with Gasteiger partial charge in [0.05, 0.1) is 6.61 Å². The molecule has 0 spiro atoms. The van der Waals surface area contributed by atoms with Crippen LogP contribution in [0.5, 0.6) is 0 Å². The summed E-state index contributed by atoms with van der Waals surface area (Å²) in [5.41, 5.74) is 4.95. The highest BCUT2D eigenvalue weighted by Gasteiger charge is 2.46. The fourth-order valence-corrected chi connectivity index (χ4v) is 2.78. The van der Waals surface area contributed by atoms with Gasteiger partial charge in [0, 0.05) is 0 Å². The molecule has 11 heteroatoms. The number of halogens is 2. The summed E-state index contributed by atoms with van der Waals surface area (Å²) in [6, 6.07) is 0. The number of alkyl halides is 1. The molecule has 0 aliphatic carbocycles. The number of nitrogen functional groups attached to an aromatic ring is 1. The molecule has 9 nitrogen and oxygen atoms in total. The zero-order chi connectivity index (χ0) is 15.3. The maximum Gasteiger partial charge on any atom is 0.264 e. The van der Waals surface area contributed by atoms with E-state index in [1.54, 1.807) is 0 Å². The van der Waals surface area contributed by atoms with Crippen LogP contribution >= 0.6 is 15.9 Å². The second-order valence-electron chi connectivity index (χ2n) is 4.57. The summed E-state index contributed by atoms with van der Waals surface area (Å²) in [6.45, 7) is -0.547. The van der Waals surface area contributed by atoms with Crippen molar-refractivity contribution >= 4 is 32.9 Å². The molecular formula is C10H11BrFN5O4. The largest absolute Gasteiger partial charge is 0.394 e. The van der Waals surface area contributed by atoms with Crippen molar-refractivity contribution in [2.45, 2.75) is 24.6 Å². The maximum atomic E-state index is 14.1. The lowest BCUT2D eigenvalue weighted by Gasteiger charge is -2.13. The van der Waals surface area contributed by atoms with Crippen LogP contribution in [0.25, 0.3) is 11.0 Å². The van der Waals surface area contributed by atoms with Gasteiger partial charge in [0.2, 0.25) is 5.95 Å². The first-order chi connectivity index (χ1) is 9.93. The maximum absolute atomic E-state index is 14.1. The van der Waals surface area contributed by atoms with Crippen LogP contribution in [0.2, 0.25) is 0 Å². The third-order valence-electron chi connectivity index (χ3n) is 3.25. The molecule has 3 rings (SSSR count). The normalized spacial score (nSPS) is 29.3. The van der Waals surface area contributed by atoms with Crippen LogP contribution in [0.1, 0.15) is 6.23 Å². The minimum absolute atomic E-state index is 0.0153. The van der Waals surface area contributed by atoms with Gasteiger partial charge < -0.3 is 20.7 Å². The number of H-pyrrole nitrogens is 1.